The van der Waals surface area contributed by atoms with Gasteiger partial charge in [0.1, 0.15) is 0 Å². The lowest BCUT2D eigenvalue weighted by Gasteiger charge is -2.10. The summed E-state index contributed by atoms with van der Waals surface area (Å²) in [6.07, 6.45) is 0. The van der Waals surface area contributed by atoms with Crippen LogP contribution in [0.4, 0.5) is 0 Å². The predicted molar refractivity (Wildman–Crippen MR) is 47.1 cm³/mol. The fourth-order valence-electron chi connectivity index (χ4n) is 0.806. The van der Waals surface area contributed by atoms with E-state index in [0.29, 0.717) is 5.56 Å². The number of hydrogen-bond donors (Lipinski definition) is 2. The summed E-state index contributed by atoms with van der Waals surface area (Å²) in [5, 5.41) is -1.24. The second kappa shape index (κ2) is 3.58. The molecular formula is C7H8ClO3P. The van der Waals surface area contributed by atoms with Gasteiger partial charge in [0.05, 0.1) is 0 Å². The lowest BCUT2D eigenvalue weighted by Crippen LogP contribution is -1.90. The zero-order chi connectivity index (χ0) is 9.19. The van der Waals surface area contributed by atoms with Crippen molar-refractivity contribution in [3.05, 3.63) is 35.9 Å². The molecule has 0 heterocycles. The average Bonchev–Trinajstić information content (AvgIpc) is 2.03. The Balaban J connectivity index is 2.94. The molecule has 1 rings (SSSR count). The van der Waals surface area contributed by atoms with Crippen molar-refractivity contribution in [2.45, 2.75) is 5.12 Å². The van der Waals surface area contributed by atoms with Gasteiger partial charge in [-0.15, -0.1) is 11.6 Å². The highest BCUT2D eigenvalue weighted by Gasteiger charge is 2.27. The maximum Gasteiger partial charge on any atom is 0.347 e. The van der Waals surface area contributed by atoms with Crippen LogP contribution in [0, 0.1) is 0 Å². The van der Waals surface area contributed by atoms with Gasteiger partial charge in [0.15, 0.2) is 5.12 Å². The van der Waals surface area contributed by atoms with Crippen LogP contribution in [-0.2, 0) is 4.57 Å². The minimum absolute atomic E-state index is 0.438. The second-order valence-corrected chi connectivity index (χ2v) is 4.77. The van der Waals surface area contributed by atoms with E-state index in [1.807, 2.05) is 0 Å². The third-order valence-electron chi connectivity index (χ3n) is 1.37. The van der Waals surface area contributed by atoms with Crippen molar-refractivity contribution >= 4 is 19.2 Å². The molecule has 0 bridgehead atoms. The van der Waals surface area contributed by atoms with E-state index in [9.17, 15) is 4.57 Å². The van der Waals surface area contributed by atoms with Crippen LogP contribution >= 0.6 is 19.2 Å². The highest BCUT2D eigenvalue weighted by molar-refractivity contribution is 7.54. The number of alkyl halides is 1. The first kappa shape index (κ1) is 9.75. The molecule has 12 heavy (non-hydrogen) atoms. The van der Waals surface area contributed by atoms with Crippen molar-refractivity contribution < 1.29 is 14.4 Å². The first-order chi connectivity index (χ1) is 5.52. The van der Waals surface area contributed by atoms with Crippen molar-refractivity contribution in [3.63, 3.8) is 0 Å². The summed E-state index contributed by atoms with van der Waals surface area (Å²) in [5.74, 6) is 0. The van der Waals surface area contributed by atoms with Crippen LogP contribution in [0.2, 0.25) is 0 Å². The molecule has 0 aromatic heterocycles. The van der Waals surface area contributed by atoms with Crippen LogP contribution in [0.5, 0.6) is 0 Å². The Labute approximate surface area is 75.2 Å². The molecule has 3 nitrogen and oxygen atoms in total. The summed E-state index contributed by atoms with van der Waals surface area (Å²) in [6, 6.07) is 8.28. The Hall–Kier alpha value is -0.340. The van der Waals surface area contributed by atoms with Gasteiger partial charge >= 0.3 is 7.60 Å². The first-order valence-corrected chi connectivity index (χ1v) is 5.38. The molecular weight excluding hydrogens is 199 g/mol. The molecule has 66 valence electrons. The zero-order valence-electron chi connectivity index (χ0n) is 6.09. The van der Waals surface area contributed by atoms with Gasteiger partial charge in [-0.1, -0.05) is 30.3 Å². The number of hydrogen-bond acceptors (Lipinski definition) is 1. The minimum atomic E-state index is -4.21. The third-order valence-corrected chi connectivity index (χ3v) is 3.27. The molecule has 5 heteroatoms. The molecule has 0 saturated heterocycles. The number of rotatable bonds is 2. The van der Waals surface area contributed by atoms with E-state index in [0.717, 1.165) is 0 Å². The molecule has 0 aliphatic rings. The molecule has 0 aliphatic heterocycles. The predicted octanol–water partition coefficient (Wildman–Crippen LogP) is 2.10. The van der Waals surface area contributed by atoms with E-state index < -0.39 is 12.7 Å². The van der Waals surface area contributed by atoms with E-state index in [1.165, 1.54) is 0 Å². The van der Waals surface area contributed by atoms with Gasteiger partial charge in [0.2, 0.25) is 0 Å². The molecule has 1 aromatic rings. The van der Waals surface area contributed by atoms with Crippen molar-refractivity contribution in [2.75, 3.05) is 0 Å². The molecule has 0 radical (unpaired) electrons. The first-order valence-electron chi connectivity index (χ1n) is 3.26. The van der Waals surface area contributed by atoms with Crippen LogP contribution in [0.25, 0.3) is 0 Å². The Morgan fingerprint density at radius 1 is 1.25 bits per heavy atom. The van der Waals surface area contributed by atoms with E-state index >= 15 is 0 Å². The maximum atomic E-state index is 10.7. The maximum absolute atomic E-state index is 10.7. The second-order valence-electron chi connectivity index (χ2n) is 2.34. The average molecular weight is 207 g/mol. The summed E-state index contributed by atoms with van der Waals surface area (Å²) in [4.78, 5) is 17.4. The van der Waals surface area contributed by atoms with Crippen molar-refractivity contribution in [2.24, 2.45) is 0 Å². The van der Waals surface area contributed by atoms with Crippen molar-refractivity contribution in [1.29, 1.82) is 0 Å². The minimum Gasteiger partial charge on any atom is -0.323 e. The Morgan fingerprint density at radius 2 is 1.75 bits per heavy atom. The van der Waals surface area contributed by atoms with Crippen LogP contribution in [-0.4, -0.2) is 9.79 Å². The van der Waals surface area contributed by atoms with Gasteiger partial charge in [0.25, 0.3) is 0 Å². The van der Waals surface area contributed by atoms with Crippen molar-refractivity contribution in [1.82, 2.24) is 0 Å². The SMILES string of the molecule is O=P(O)(O)C(Cl)c1ccccc1. The molecule has 1 aromatic carbocycles. The molecule has 1 atom stereocenters. The van der Waals surface area contributed by atoms with Gasteiger partial charge in [0, 0.05) is 0 Å². The largest absolute Gasteiger partial charge is 0.347 e. The van der Waals surface area contributed by atoms with Gasteiger partial charge in [-0.05, 0) is 5.56 Å². The molecule has 1 unspecified atom stereocenters. The fraction of sp³-hybridized carbons (Fsp3) is 0.143. The summed E-state index contributed by atoms with van der Waals surface area (Å²) in [5.41, 5.74) is 0.438. The molecule has 2 N–H and O–H groups in total. The Kier molecular flexibility index (Phi) is 2.91. The van der Waals surface area contributed by atoms with Crippen LogP contribution in [0.15, 0.2) is 30.3 Å². The standard InChI is InChI=1S/C7H8ClO3P/c8-7(12(9,10)11)6-4-2-1-3-5-6/h1-5,7H,(H2,9,10,11). The summed E-state index contributed by atoms with van der Waals surface area (Å²) in [7, 11) is -4.21. The molecule has 0 amide bonds. The van der Waals surface area contributed by atoms with Gasteiger partial charge in [-0.2, -0.15) is 0 Å². The van der Waals surface area contributed by atoms with Crippen LogP contribution in [0.1, 0.15) is 10.7 Å². The molecule has 0 spiro atoms. The van der Waals surface area contributed by atoms with E-state index in [-0.39, 0.29) is 0 Å². The smallest absolute Gasteiger partial charge is 0.323 e. The normalized spacial score (nSPS) is 14.2. The monoisotopic (exact) mass is 206 g/mol. The van der Waals surface area contributed by atoms with Gasteiger partial charge < -0.3 is 9.79 Å². The van der Waals surface area contributed by atoms with E-state index in [4.69, 9.17) is 21.4 Å². The summed E-state index contributed by atoms with van der Waals surface area (Å²) in [6.45, 7) is 0. The quantitative estimate of drug-likeness (QED) is 0.576. The van der Waals surface area contributed by atoms with Gasteiger partial charge in [-0.3, -0.25) is 4.57 Å². The van der Waals surface area contributed by atoms with E-state index in [2.05, 4.69) is 0 Å². The topological polar surface area (TPSA) is 57.5 Å². The number of halogens is 1. The summed E-state index contributed by atoms with van der Waals surface area (Å²) < 4.78 is 10.7. The molecule has 0 aliphatic carbocycles. The van der Waals surface area contributed by atoms with Crippen LogP contribution in [0.3, 0.4) is 0 Å². The van der Waals surface area contributed by atoms with Crippen molar-refractivity contribution in [3.8, 4) is 0 Å². The lowest BCUT2D eigenvalue weighted by atomic mass is 10.2. The van der Waals surface area contributed by atoms with Gasteiger partial charge in [-0.25, -0.2) is 0 Å². The third kappa shape index (κ3) is 2.32. The Bertz CT molecular complexity index is 295. The summed E-state index contributed by atoms with van der Waals surface area (Å²) >= 11 is 5.52. The Morgan fingerprint density at radius 3 is 2.17 bits per heavy atom. The van der Waals surface area contributed by atoms with Crippen LogP contribution < -0.4 is 0 Å². The zero-order valence-corrected chi connectivity index (χ0v) is 7.74. The van der Waals surface area contributed by atoms with E-state index in [1.54, 1.807) is 30.3 Å². The highest BCUT2D eigenvalue weighted by atomic mass is 35.5. The molecule has 0 fully saturated rings. The number of benzene rings is 1. The molecule has 0 saturated carbocycles. The fourth-order valence-corrected chi connectivity index (χ4v) is 1.51. The highest BCUT2D eigenvalue weighted by Crippen LogP contribution is 2.54. The lowest BCUT2D eigenvalue weighted by molar-refractivity contribution is 0.370.